The lowest BCUT2D eigenvalue weighted by Gasteiger charge is -2.11. The van der Waals surface area contributed by atoms with Crippen molar-refractivity contribution in [3.8, 4) is 5.75 Å². The van der Waals surface area contributed by atoms with E-state index in [9.17, 15) is 13.6 Å². The van der Waals surface area contributed by atoms with E-state index < -0.39 is 6.61 Å². The van der Waals surface area contributed by atoms with Crippen molar-refractivity contribution in [1.82, 2.24) is 5.43 Å². The molecule has 0 saturated heterocycles. The standard InChI is InChI=1S/C15H14F2N2O2S/c1-9-6-11(7-10(2)13(9)21-15(16)17)8-18-19-14(20)12-4-3-5-22-12/h3-8,15H,1-2H3,(H,19,20)/b18-8-. The summed E-state index contributed by atoms with van der Waals surface area (Å²) in [4.78, 5) is 12.2. The lowest BCUT2D eigenvalue weighted by molar-refractivity contribution is -0.0507. The SMILES string of the molecule is Cc1cc(/C=N\NC(=O)c2cccs2)cc(C)c1OC(F)F. The van der Waals surface area contributed by atoms with Gasteiger partial charge in [0.05, 0.1) is 11.1 Å². The van der Waals surface area contributed by atoms with Gasteiger partial charge >= 0.3 is 6.61 Å². The summed E-state index contributed by atoms with van der Waals surface area (Å²) in [6.07, 6.45) is 1.46. The normalized spacial score (nSPS) is 11.1. The highest BCUT2D eigenvalue weighted by atomic mass is 32.1. The number of hydrogen-bond donors (Lipinski definition) is 1. The van der Waals surface area contributed by atoms with Crippen molar-refractivity contribution >= 4 is 23.5 Å². The molecule has 0 aliphatic heterocycles. The zero-order valence-electron chi connectivity index (χ0n) is 12.0. The van der Waals surface area contributed by atoms with Crippen molar-refractivity contribution in [2.24, 2.45) is 5.10 Å². The fourth-order valence-electron chi connectivity index (χ4n) is 1.96. The quantitative estimate of drug-likeness (QED) is 0.673. The first-order valence-electron chi connectivity index (χ1n) is 6.40. The predicted molar refractivity (Wildman–Crippen MR) is 81.9 cm³/mol. The summed E-state index contributed by atoms with van der Waals surface area (Å²) >= 11 is 1.32. The van der Waals surface area contributed by atoms with Crippen LogP contribution in [-0.2, 0) is 0 Å². The average Bonchev–Trinajstić information content (AvgIpc) is 2.97. The number of thiophene rings is 1. The molecule has 116 valence electrons. The zero-order valence-corrected chi connectivity index (χ0v) is 12.8. The zero-order chi connectivity index (χ0) is 16.1. The van der Waals surface area contributed by atoms with Gasteiger partial charge in [-0.2, -0.15) is 13.9 Å². The highest BCUT2D eigenvalue weighted by molar-refractivity contribution is 7.12. The lowest BCUT2D eigenvalue weighted by atomic mass is 10.1. The molecule has 1 N–H and O–H groups in total. The molecule has 0 radical (unpaired) electrons. The number of hydrogen-bond acceptors (Lipinski definition) is 4. The maximum Gasteiger partial charge on any atom is 0.387 e. The van der Waals surface area contributed by atoms with E-state index in [2.05, 4.69) is 15.3 Å². The molecule has 4 nitrogen and oxygen atoms in total. The number of rotatable bonds is 5. The molecule has 0 aliphatic rings. The topological polar surface area (TPSA) is 50.7 Å². The van der Waals surface area contributed by atoms with E-state index in [-0.39, 0.29) is 11.7 Å². The molecule has 2 rings (SSSR count). The third-order valence-corrected chi connectivity index (χ3v) is 3.68. The number of carbonyl (C=O) groups is 1. The van der Waals surface area contributed by atoms with Crippen LogP contribution in [0.2, 0.25) is 0 Å². The largest absolute Gasteiger partial charge is 0.434 e. The van der Waals surface area contributed by atoms with Crippen LogP contribution in [0, 0.1) is 13.8 Å². The number of alkyl halides is 2. The van der Waals surface area contributed by atoms with Gasteiger partial charge in [-0.25, -0.2) is 5.43 Å². The second-order valence-electron chi connectivity index (χ2n) is 4.54. The van der Waals surface area contributed by atoms with Gasteiger partial charge in [0.25, 0.3) is 5.91 Å². The maximum atomic E-state index is 12.3. The molecule has 2 aromatic rings. The minimum Gasteiger partial charge on any atom is -0.434 e. The van der Waals surface area contributed by atoms with Crippen LogP contribution in [0.3, 0.4) is 0 Å². The number of aryl methyl sites for hydroxylation is 2. The molecule has 0 spiro atoms. The Kier molecular flexibility index (Phi) is 5.21. The molecular formula is C15H14F2N2O2S. The Morgan fingerprint density at radius 3 is 2.59 bits per heavy atom. The summed E-state index contributed by atoms with van der Waals surface area (Å²) < 4.78 is 29.1. The maximum absolute atomic E-state index is 12.3. The number of ether oxygens (including phenoxy) is 1. The molecular weight excluding hydrogens is 310 g/mol. The van der Waals surface area contributed by atoms with E-state index in [0.29, 0.717) is 21.6 Å². The summed E-state index contributed by atoms with van der Waals surface area (Å²) in [5, 5.41) is 5.66. The molecule has 1 heterocycles. The molecule has 1 amide bonds. The first-order valence-corrected chi connectivity index (χ1v) is 7.28. The first-order chi connectivity index (χ1) is 10.5. The molecule has 0 bridgehead atoms. The molecule has 0 fully saturated rings. The Balaban J connectivity index is 2.07. The van der Waals surface area contributed by atoms with Crippen molar-refractivity contribution in [3.63, 3.8) is 0 Å². The fourth-order valence-corrected chi connectivity index (χ4v) is 2.58. The van der Waals surface area contributed by atoms with Crippen LogP contribution < -0.4 is 10.2 Å². The third-order valence-electron chi connectivity index (χ3n) is 2.81. The summed E-state index contributed by atoms with van der Waals surface area (Å²) in [5.41, 5.74) is 4.24. The Morgan fingerprint density at radius 1 is 1.36 bits per heavy atom. The molecule has 7 heteroatoms. The smallest absolute Gasteiger partial charge is 0.387 e. The van der Waals surface area contributed by atoms with Gasteiger partial charge in [0.2, 0.25) is 0 Å². The van der Waals surface area contributed by atoms with E-state index in [0.717, 1.165) is 0 Å². The van der Waals surface area contributed by atoms with Crippen LogP contribution in [0.25, 0.3) is 0 Å². The van der Waals surface area contributed by atoms with E-state index in [1.165, 1.54) is 17.6 Å². The second-order valence-corrected chi connectivity index (χ2v) is 5.49. The number of nitrogens with one attached hydrogen (secondary N) is 1. The summed E-state index contributed by atoms with van der Waals surface area (Å²) in [6.45, 7) is 0.487. The Hall–Kier alpha value is -2.28. The molecule has 22 heavy (non-hydrogen) atoms. The van der Waals surface area contributed by atoms with Crippen molar-refractivity contribution < 1.29 is 18.3 Å². The Labute approximate surface area is 130 Å². The second kappa shape index (κ2) is 7.13. The van der Waals surface area contributed by atoms with Crippen molar-refractivity contribution in [2.75, 3.05) is 0 Å². The van der Waals surface area contributed by atoms with Crippen molar-refractivity contribution in [3.05, 3.63) is 51.2 Å². The van der Waals surface area contributed by atoms with Crippen molar-refractivity contribution in [1.29, 1.82) is 0 Å². The number of benzene rings is 1. The van der Waals surface area contributed by atoms with Gasteiger partial charge in [-0.15, -0.1) is 11.3 Å². The van der Waals surface area contributed by atoms with E-state index >= 15 is 0 Å². The molecule has 1 aromatic carbocycles. The number of carbonyl (C=O) groups excluding carboxylic acids is 1. The van der Waals surface area contributed by atoms with Gasteiger partial charge in [0, 0.05) is 0 Å². The van der Waals surface area contributed by atoms with E-state index in [4.69, 9.17) is 0 Å². The van der Waals surface area contributed by atoms with Gasteiger partial charge in [-0.3, -0.25) is 4.79 Å². The van der Waals surface area contributed by atoms with Crippen LogP contribution in [0.4, 0.5) is 8.78 Å². The highest BCUT2D eigenvalue weighted by Crippen LogP contribution is 2.25. The van der Waals surface area contributed by atoms with Gasteiger partial charge in [-0.05, 0) is 54.1 Å². The van der Waals surface area contributed by atoms with Gasteiger partial charge in [-0.1, -0.05) is 6.07 Å². The van der Waals surface area contributed by atoms with E-state index in [1.54, 1.807) is 43.5 Å². The Morgan fingerprint density at radius 2 is 2.05 bits per heavy atom. The molecule has 0 atom stereocenters. The number of hydrazone groups is 1. The predicted octanol–water partition coefficient (Wildman–Crippen LogP) is 3.73. The number of halogens is 2. The van der Waals surface area contributed by atoms with E-state index in [1.807, 2.05) is 0 Å². The molecule has 0 saturated carbocycles. The monoisotopic (exact) mass is 324 g/mol. The first kappa shape index (κ1) is 16.1. The third kappa shape index (κ3) is 4.11. The number of amides is 1. The van der Waals surface area contributed by atoms with Crippen LogP contribution in [0.1, 0.15) is 26.4 Å². The van der Waals surface area contributed by atoms with Gasteiger partial charge < -0.3 is 4.74 Å². The van der Waals surface area contributed by atoms with Crippen LogP contribution in [0.15, 0.2) is 34.7 Å². The number of nitrogens with zero attached hydrogens (tertiary/aromatic N) is 1. The highest BCUT2D eigenvalue weighted by Gasteiger charge is 2.11. The summed E-state index contributed by atoms with van der Waals surface area (Å²) in [7, 11) is 0. The van der Waals surface area contributed by atoms with Crippen molar-refractivity contribution in [2.45, 2.75) is 20.5 Å². The van der Waals surface area contributed by atoms with Crippen LogP contribution >= 0.6 is 11.3 Å². The van der Waals surface area contributed by atoms with Gasteiger partial charge in [0.15, 0.2) is 0 Å². The average molecular weight is 324 g/mol. The fraction of sp³-hybridized carbons (Fsp3) is 0.200. The summed E-state index contributed by atoms with van der Waals surface area (Å²) in [5.74, 6) is -0.132. The minimum absolute atomic E-state index is 0.162. The molecule has 1 aromatic heterocycles. The minimum atomic E-state index is -2.86. The van der Waals surface area contributed by atoms with Gasteiger partial charge in [0.1, 0.15) is 5.75 Å². The summed E-state index contributed by atoms with van der Waals surface area (Å²) in [6, 6.07) is 6.79. The Bertz CT molecular complexity index is 662. The molecule has 0 aliphatic carbocycles. The molecule has 0 unspecified atom stereocenters. The van der Waals surface area contributed by atoms with Crippen LogP contribution in [-0.4, -0.2) is 18.7 Å². The lowest BCUT2D eigenvalue weighted by Crippen LogP contribution is -2.16. The van der Waals surface area contributed by atoms with Crippen LogP contribution in [0.5, 0.6) is 5.75 Å².